The predicted molar refractivity (Wildman–Crippen MR) is 50.1 cm³/mol. The Labute approximate surface area is 83.6 Å². The van der Waals surface area contributed by atoms with Crippen LogP contribution in [-0.2, 0) is 17.2 Å². The van der Waals surface area contributed by atoms with Crippen LogP contribution in [0.5, 0.6) is 5.88 Å². The van der Waals surface area contributed by atoms with Gasteiger partial charge in [0.15, 0.2) is 10.7 Å². The number of thiol groups is 1. The third-order valence-corrected chi connectivity index (χ3v) is 2.85. The lowest BCUT2D eigenvalue weighted by molar-refractivity contribution is 0.0971. The van der Waals surface area contributed by atoms with Gasteiger partial charge in [-0.25, -0.2) is 13.1 Å². The van der Waals surface area contributed by atoms with Crippen molar-refractivity contribution < 1.29 is 13.2 Å². The fraction of sp³-hybridized carbons (Fsp3) is 0.625. The number of nitrogens with zero attached hydrogens (tertiary/aromatic N) is 2. The molecule has 1 aromatic rings. The molecule has 1 aliphatic rings. The Morgan fingerprint density at radius 3 is 2.93 bits per heavy atom. The van der Waals surface area contributed by atoms with E-state index in [0.29, 0.717) is 19.0 Å². The number of hydrogen-bond donors (Lipinski definition) is 1. The maximum absolute atomic E-state index is 10.8. The van der Waals surface area contributed by atoms with Crippen molar-refractivity contribution in [3.05, 3.63) is 6.20 Å². The van der Waals surface area contributed by atoms with E-state index in [1.807, 2.05) is 0 Å². The molecule has 0 unspecified atom stereocenters. The molecule has 1 aliphatic heterocycles. The van der Waals surface area contributed by atoms with Crippen LogP contribution in [0.2, 0.25) is 0 Å². The standard InChI is InChI=1S/C8H12N2O3S/c1-8(2)4-10-7(13-5-8)6(3-9-10)14(11)12/h3,14H,4-5H2,1-2H3. The van der Waals surface area contributed by atoms with Crippen LogP contribution in [0, 0.1) is 5.41 Å². The molecule has 0 saturated heterocycles. The molecule has 0 spiro atoms. The van der Waals surface area contributed by atoms with E-state index in [0.717, 1.165) is 0 Å². The first kappa shape index (κ1) is 9.51. The van der Waals surface area contributed by atoms with Crippen molar-refractivity contribution in [1.82, 2.24) is 9.78 Å². The van der Waals surface area contributed by atoms with Crippen molar-refractivity contribution in [3.63, 3.8) is 0 Å². The van der Waals surface area contributed by atoms with Crippen molar-refractivity contribution in [2.45, 2.75) is 25.3 Å². The number of fused-ring (bicyclic) bond motifs is 1. The molecule has 0 aromatic carbocycles. The highest BCUT2D eigenvalue weighted by Crippen LogP contribution is 2.31. The molecular weight excluding hydrogens is 204 g/mol. The van der Waals surface area contributed by atoms with Crippen molar-refractivity contribution in [3.8, 4) is 5.88 Å². The zero-order valence-corrected chi connectivity index (χ0v) is 8.95. The summed E-state index contributed by atoms with van der Waals surface area (Å²) in [5, 5.41) is 3.98. The molecule has 1 aromatic heterocycles. The molecule has 0 amide bonds. The molecule has 0 radical (unpaired) electrons. The number of hydrogen-bond acceptors (Lipinski definition) is 4. The minimum atomic E-state index is -2.61. The lowest BCUT2D eigenvalue weighted by atomic mass is 9.94. The van der Waals surface area contributed by atoms with E-state index in [4.69, 9.17) is 4.74 Å². The summed E-state index contributed by atoms with van der Waals surface area (Å²) in [6.07, 6.45) is 1.34. The molecule has 78 valence electrons. The van der Waals surface area contributed by atoms with Crippen LogP contribution < -0.4 is 4.74 Å². The van der Waals surface area contributed by atoms with Gasteiger partial charge >= 0.3 is 0 Å². The molecule has 14 heavy (non-hydrogen) atoms. The van der Waals surface area contributed by atoms with E-state index in [-0.39, 0.29) is 10.3 Å². The molecule has 0 N–H and O–H groups in total. The Balaban J connectivity index is 2.44. The van der Waals surface area contributed by atoms with Crippen LogP contribution in [0.15, 0.2) is 11.1 Å². The second-order valence-electron chi connectivity index (χ2n) is 4.20. The predicted octanol–water partition coefficient (Wildman–Crippen LogP) is 0.272. The van der Waals surface area contributed by atoms with Crippen molar-refractivity contribution >= 4 is 10.7 Å². The number of aromatic nitrogens is 2. The fourth-order valence-corrected chi connectivity index (χ4v) is 1.95. The van der Waals surface area contributed by atoms with E-state index >= 15 is 0 Å². The van der Waals surface area contributed by atoms with Gasteiger partial charge in [0.2, 0.25) is 5.88 Å². The van der Waals surface area contributed by atoms with Gasteiger partial charge in [0.25, 0.3) is 0 Å². The lowest BCUT2D eigenvalue weighted by Gasteiger charge is -2.30. The zero-order valence-electron chi connectivity index (χ0n) is 8.06. The van der Waals surface area contributed by atoms with E-state index < -0.39 is 10.7 Å². The van der Waals surface area contributed by atoms with E-state index in [9.17, 15) is 8.42 Å². The Hall–Kier alpha value is -1.04. The van der Waals surface area contributed by atoms with Crippen LogP contribution >= 0.6 is 0 Å². The van der Waals surface area contributed by atoms with Crippen LogP contribution in [0.3, 0.4) is 0 Å². The molecule has 2 rings (SSSR count). The molecule has 0 fully saturated rings. The summed E-state index contributed by atoms with van der Waals surface area (Å²) in [6, 6.07) is 0. The van der Waals surface area contributed by atoms with Crippen LogP contribution in [0.25, 0.3) is 0 Å². The van der Waals surface area contributed by atoms with Crippen LogP contribution in [0.1, 0.15) is 13.8 Å². The van der Waals surface area contributed by atoms with Gasteiger partial charge in [-0.15, -0.1) is 0 Å². The summed E-state index contributed by atoms with van der Waals surface area (Å²) in [5.74, 6) is 0.375. The van der Waals surface area contributed by atoms with Gasteiger partial charge in [-0.05, 0) is 0 Å². The maximum atomic E-state index is 10.8. The topological polar surface area (TPSA) is 61.2 Å². The number of rotatable bonds is 1. The minimum Gasteiger partial charge on any atom is -0.476 e. The molecule has 2 heterocycles. The van der Waals surface area contributed by atoms with Crippen molar-refractivity contribution in [1.29, 1.82) is 0 Å². The Bertz CT molecular complexity index is 426. The Kier molecular flexibility index (Phi) is 2.02. The largest absolute Gasteiger partial charge is 0.476 e. The first-order valence-electron chi connectivity index (χ1n) is 4.33. The van der Waals surface area contributed by atoms with Gasteiger partial charge < -0.3 is 4.74 Å². The van der Waals surface area contributed by atoms with Crippen LogP contribution in [-0.4, -0.2) is 24.8 Å². The highest BCUT2D eigenvalue weighted by Gasteiger charge is 2.29. The summed E-state index contributed by atoms with van der Waals surface area (Å²) >= 11 is 0. The molecular formula is C8H12N2O3S. The fourth-order valence-electron chi connectivity index (χ4n) is 1.47. The Morgan fingerprint density at radius 1 is 1.57 bits per heavy atom. The first-order valence-corrected chi connectivity index (χ1v) is 5.50. The van der Waals surface area contributed by atoms with Crippen molar-refractivity contribution in [2.24, 2.45) is 5.41 Å². The molecule has 0 saturated carbocycles. The zero-order chi connectivity index (χ0) is 10.3. The molecule has 0 atom stereocenters. The minimum absolute atomic E-state index is 0.00478. The second kappa shape index (κ2) is 2.98. The molecule has 5 nitrogen and oxygen atoms in total. The van der Waals surface area contributed by atoms with Gasteiger partial charge in [-0.2, -0.15) is 5.10 Å². The Morgan fingerprint density at radius 2 is 2.29 bits per heavy atom. The average molecular weight is 216 g/mol. The lowest BCUT2D eigenvalue weighted by Crippen LogP contribution is -2.33. The summed E-state index contributed by atoms with van der Waals surface area (Å²) < 4.78 is 28.6. The number of ether oxygens (including phenoxy) is 1. The highest BCUT2D eigenvalue weighted by atomic mass is 32.2. The van der Waals surface area contributed by atoms with E-state index in [1.54, 1.807) is 4.68 Å². The first-order chi connectivity index (χ1) is 6.49. The SMILES string of the molecule is CC1(C)COc2c([SH](=O)=O)cnn2C1. The average Bonchev–Trinajstić information content (AvgIpc) is 2.44. The monoisotopic (exact) mass is 216 g/mol. The quantitative estimate of drug-likeness (QED) is 0.685. The summed E-state index contributed by atoms with van der Waals surface area (Å²) in [4.78, 5) is 0.176. The normalized spacial score (nSPS) is 19.1. The van der Waals surface area contributed by atoms with Crippen molar-refractivity contribution in [2.75, 3.05) is 6.61 Å². The van der Waals surface area contributed by atoms with Gasteiger partial charge in [0, 0.05) is 5.41 Å². The van der Waals surface area contributed by atoms with E-state index in [2.05, 4.69) is 18.9 Å². The summed E-state index contributed by atoms with van der Waals surface area (Å²) in [7, 11) is -2.61. The molecule has 0 aliphatic carbocycles. The summed E-state index contributed by atoms with van der Waals surface area (Å²) in [6.45, 7) is 5.31. The second-order valence-corrected chi connectivity index (χ2v) is 5.20. The van der Waals surface area contributed by atoms with E-state index in [1.165, 1.54) is 6.20 Å². The van der Waals surface area contributed by atoms with Gasteiger partial charge in [0.1, 0.15) is 4.90 Å². The maximum Gasteiger partial charge on any atom is 0.230 e. The third kappa shape index (κ3) is 1.50. The van der Waals surface area contributed by atoms with Gasteiger partial charge in [-0.3, -0.25) is 0 Å². The van der Waals surface area contributed by atoms with Gasteiger partial charge in [-0.1, -0.05) is 13.8 Å². The highest BCUT2D eigenvalue weighted by molar-refractivity contribution is 7.72. The van der Waals surface area contributed by atoms with Gasteiger partial charge in [0.05, 0.1) is 19.3 Å². The molecule has 6 heteroatoms. The smallest absolute Gasteiger partial charge is 0.230 e. The van der Waals surface area contributed by atoms with Crippen LogP contribution in [0.4, 0.5) is 0 Å². The molecule has 0 bridgehead atoms. The summed E-state index contributed by atoms with van der Waals surface area (Å²) in [5.41, 5.74) is 0.00478. The third-order valence-electron chi connectivity index (χ3n) is 2.15.